The van der Waals surface area contributed by atoms with Crippen LogP contribution >= 0.6 is 0 Å². The monoisotopic (exact) mass is 364 g/mol. The van der Waals surface area contributed by atoms with Crippen LogP contribution in [0, 0.1) is 0 Å². The van der Waals surface area contributed by atoms with Crippen molar-refractivity contribution in [2.75, 3.05) is 0 Å². The SMILES string of the molecule is O=C(CCC(=O)c1ccccc1)OC(=O)c1ccc(C2CCCCC2)cc1. The molecule has 1 aliphatic carbocycles. The summed E-state index contributed by atoms with van der Waals surface area (Å²) in [6, 6.07) is 16.1. The van der Waals surface area contributed by atoms with Crippen LogP contribution in [-0.2, 0) is 9.53 Å². The maximum Gasteiger partial charge on any atom is 0.345 e. The molecule has 0 N–H and O–H groups in total. The zero-order valence-corrected chi connectivity index (χ0v) is 15.4. The Kier molecular flexibility index (Phi) is 6.53. The summed E-state index contributed by atoms with van der Waals surface area (Å²) in [7, 11) is 0. The van der Waals surface area contributed by atoms with E-state index in [0.717, 1.165) is 0 Å². The zero-order valence-electron chi connectivity index (χ0n) is 15.4. The second kappa shape index (κ2) is 9.26. The summed E-state index contributed by atoms with van der Waals surface area (Å²) in [6.45, 7) is 0. The van der Waals surface area contributed by atoms with Crippen LogP contribution in [0.2, 0.25) is 0 Å². The highest BCUT2D eigenvalue weighted by molar-refractivity contribution is 6.00. The smallest absolute Gasteiger partial charge is 0.345 e. The van der Waals surface area contributed by atoms with E-state index >= 15 is 0 Å². The predicted octanol–water partition coefficient (Wildman–Crippen LogP) is 5.08. The van der Waals surface area contributed by atoms with Gasteiger partial charge in [0.2, 0.25) is 0 Å². The zero-order chi connectivity index (χ0) is 19.1. The molecule has 0 saturated heterocycles. The molecule has 0 radical (unpaired) electrons. The van der Waals surface area contributed by atoms with E-state index in [1.165, 1.54) is 37.7 Å². The van der Waals surface area contributed by atoms with E-state index in [1.54, 1.807) is 36.4 Å². The molecule has 0 spiro atoms. The van der Waals surface area contributed by atoms with Gasteiger partial charge < -0.3 is 4.74 Å². The number of hydrogen-bond donors (Lipinski definition) is 0. The minimum absolute atomic E-state index is 0.0245. The van der Waals surface area contributed by atoms with Crippen molar-refractivity contribution < 1.29 is 19.1 Å². The Morgan fingerprint density at radius 1 is 0.778 bits per heavy atom. The molecule has 0 aromatic heterocycles. The van der Waals surface area contributed by atoms with Crippen molar-refractivity contribution in [3.63, 3.8) is 0 Å². The van der Waals surface area contributed by atoms with Crippen LogP contribution < -0.4 is 0 Å². The van der Waals surface area contributed by atoms with E-state index in [9.17, 15) is 14.4 Å². The molecule has 0 atom stereocenters. The van der Waals surface area contributed by atoms with Gasteiger partial charge in [0.1, 0.15) is 0 Å². The van der Waals surface area contributed by atoms with Gasteiger partial charge in [-0.15, -0.1) is 0 Å². The van der Waals surface area contributed by atoms with Crippen LogP contribution in [0.25, 0.3) is 0 Å². The molecule has 3 rings (SSSR count). The molecule has 4 heteroatoms. The van der Waals surface area contributed by atoms with Gasteiger partial charge in [0.25, 0.3) is 0 Å². The number of Topliss-reactive ketones (excluding diaryl/α,β-unsaturated/α-hetero) is 1. The Bertz CT molecular complexity index is 787. The van der Waals surface area contributed by atoms with Gasteiger partial charge in [-0.2, -0.15) is 0 Å². The highest BCUT2D eigenvalue weighted by Gasteiger charge is 2.18. The number of hydrogen-bond acceptors (Lipinski definition) is 4. The van der Waals surface area contributed by atoms with E-state index < -0.39 is 11.9 Å². The van der Waals surface area contributed by atoms with Gasteiger partial charge in [-0.3, -0.25) is 9.59 Å². The van der Waals surface area contributed by atoms with Crippen LogP contribution in [0.15, 0.2) is 54.6 Å². The van der Waals surface area contributed by atoms with Gasteiger partial charge in [-0.05, 0) is 36.5 Å². The van der Waals surface area contributed by atoms with Crippen molar-refractivity contribution in [1.29, 1.82) is 0 Å². The molecule has 0 aliphatic heterocycles. The van der Waals surface area contributed by atoms with Crippen LogP contribution in [0.3, 0.4) is 0 Å². The lowest BCUT2D eigenvalue weighted by molar-refractivity contribution is -0.137. The van der Waals surface area contributed by atoms with Crippen molar-refractivity contribution in [3.8, 4) is 0 Å². The molecule has 0 amide bonds. The summed E-state index contributed by atoms with van der Waals surface area (Å²) in [4.78, 5) is 36.0. The number of carbonyl (C=O) groups excluding carboxylic acids is 3. The average Bonchev–Trinajstić information content (AvgIpc) is 2.73. The molecule has 0 heterocycles. The molecule has 0 unspecified atom stereocenters. The first-order valence-electron chi connectivity index (χ1n) is 9.56. The second-order valence-corrected chi connectivity index (χ2v) is 7.01. The van der Waals surface area contributed by atoms with E-state index in [-0.39, 0.29) is 18.6 Å². The first-order chi connectivity index (χ1) is 13.1. The van der Waals surface area contributed by atoms with Crippen LogP contribution in [0.4, 0.5) is 0 Å². The van der Waals surface area contributed by atoms with Gasteiger partial charge in [0.05, 0.1) is 12.0 Å². The quantitative estimate of drug-likeness (QED) is 0.407. The summed E-state index contributed by atoms with van der Waals surface area (Å²) in [5, 5.41) is 0. The standard InChI is InChI=1S/C23H24O4/c24-21(19-9-5-2-6-10-19)15-16-22(25)27-23(26)20-13-11-18(12-14-20)17-7-3-1-4-8-17/h2,5-6,9-14,17H,1,3-4,7-8,15-16H2. The first kappa shape index (κ1) is 19.0. The summed E-state index contributed by atoms with van der Waals surface area (Å²) < 4.78 is 4.88. The molecule has 1 fully saturated rings. The Balaban J connectivity index is 1.49. The summed E-state index contributed by atoms with van der Waals surface area (Å²) in [5.74, 6) is -0.922. The minimum Gasteiger partial charge on any atom is -0.389 e. The average molecular weight is 364 g/mol. The van der Waals surface area contributed by atoms with Gasteiger partial charge >= 0.3 is 11.9 Å². The van der Waals surface area contributed by atoms with Crippen LogP contribution in [0.1, 0.15) is 77.1 Å². The highest BCUT2D eigenvalue weighted by Crippen LogP contribution is 2.32. The maximum absolute atomic E-state index is 12.1. The van der Waals surface area contributed by atoms with Crippen LogP contribution in [-0.4, -0.2) is 17.7 Å². The molecule has 0 bridgehead atoms. The van der Waals surface area contributed by atoms with E-state index in [4.69, 9.17) is 4.74 Å². The lowest BCUT2D eigenvalue weighted by Crippen LogP contribution is -2.14. The lowest BCUT2D eigenvalue weighted by atomic mass is 9.84. The molecule has 2 aromatic carbocycles. The number of esters is 2. The number of carbonyl (C=O) groups is 3. The van der Waals surface area contributed by atoms with Gasteiger partial charge in [-0.25, -0.2) is 4.79 Å². The summed E-state index contributed by atoms with van der Waals surface area (Å²) in [5.41, 5.74) is 2.15. The van der Waals surface area contributed by atoms with Crippen molar-refractivity contribution in [2.24, 2.45) is 0 Å². The normalized spacial score (nSPS) is 14.5. The fraction of sp³-hybridized carbons (Fsp3) is 0.348. The fourth-order valence-corrected chi connectivity index (χ4v) is 3.52. The molecule has 4 nitrogen and oxygen atoms in total. The molecule has 140 valence electrons. The van der Waals surface area contributed by atoms with Gasteiger partial charge in [-0.1, -0.05) is 61.7 Å². The Hall–Kier alpha value is -2.75. The van der Waals surface area contributed by atoms with E-state index in [1.807, 2.05) is 18.2 Å². The van der Waals surface area contributed by atoms with Crippen molar-refractivity contribution in [2.45, 2.75) is 50.9 Å². The molecular formula is C23H24O4. The molecule has 27 heavy (non-hydrogen) atoms. The Morgan fingerprint density at radius 2 is 1.44 bits per heavy atom. The molecule has 1 saturated carbocycles. The Labute approximate surface area is 159 Å². The number of benzene rings is 2. The summed E-state index contributed by atoms with van der Waals surface area (Å²) in [6.07, 6.45) is 6.11. The third-order valence-corrected chi connectivity index (χ3v) is 5.08. The minimum atomic E-state index is -0.680. The Morgan fingerprint density at radius 3 is 2.11 bits per heavy atom. The largest absolute Gasteiger partial charge is 0.389 e. The highest BCUT2D eigenvalue weighted by atomic mass is 16.6. The van der Waals surface area contributed by atoms with Crippen molar-refractivity contribution in [1.82, 2.24) is 0 Å². The topological polar surface area (TPSA) is 60.4 Å². The number of ketones is 1. The maximum atomic E-state index is 12.1. The third-order valence-electron chi connectivity index (χ3n) is 5.08. The van der Waals surface area contributed by atoms with E-state index in [2.05, 4.69) is 0 Å². The molecule has 1 aliphatic rings. The third kappa shape index (κ3) is 5.36. The summed E-state index contributed by atoms with van der Waals surface area (Å²) >= 11 is 0. The van der Waals surface area contributed by atoms with Crippen molar-refractivity contribution >= 4 is 17.7 Å². The van der Waals surface area contributed by atoms with Crippen LogP contribution in [0.5, 0.6) is 0 Å². The second-order valence-electron chi connectivity index (χ2n) is 7.01. The van der Waals surface area contributed by atoms with Gasteiger partial charge in [0.15, 0.2) is 5.78 Å². The lowest BCUT2D eigenvalue weighted by Gasteiger charge is -2.21. The molecule has 2 aromatic rings. The van der Waals surface area contributed by atoms with E-state index in [0.29, 0.717) is 17.0 Å². The fourth-order valence-electron chi connectivity index (χ4n) is 3.52. The van der Waals surface area contributed by atoms with Crippen molar-refractivity contribution in [3.05, 3.63) is 71.3 Å². The van der Waals surface area contributed by atoms with Gasteiger partial charge in [0, 0.05) is 12.0 Å². The predicted molar refractivity (Wildman–Crippen MR) is 103 cm³/mol. The number of rotatable bonds is 6. The number of ether oxygens (including phenoxy) is 1. The molecular weight excluding hydrogens is 340 g/mol. The first-order valence-corrected chi connectivity index (χ1v) is 9.56.